The molecule has 0 bridgehead atoms. The zero-order valence-corrected chi connectivity index (χ0v) is 14.7. The lowest BCUT2D eigenvalue weighted by molar-refractivity contribution is -0.129. The number of hydrogen-bond acceptors (Lipinski definition) is 5. The van der Waals surface area contributed by atoms with E-state index in [2.05, 4.69) is 5.32 Å². The monoisotopic (exact) mass is 373 g/mol. The van der Waals surface area contributed by atoms with E-state index in [4.69, 9.17) is 9.15 Å². The highest BCUT2D eigenvalue weighted by Crippen LogP contribution is 2.23. The zero-order valence-electron chi connectivity index (χ0n) is 13.9. The standard InChI is InChI=1S/C19H16FNO4S/c1-12(18(22)21-11-15-3-2-10-26-15)24-19(23)17-9-8-16(25-17)13-4-6-14(20)7-5-13/h2-10,12H,11H2,1H3,(H,21,22)/t12-/m1/s1. The van der Waals surface area contributed by atoms with Crippen LogP contribution in [0.5, 0.6) is 0 Å². The fourth-order valence-corrected chi connectivity index (χ4v) is 2.86. The molecule has 0 unspecified atom stereocenters. The number of carbonyl (C=O) groups excluding carboxylic acids is 2. The Bertz CT molecular complexity index is 887. The zero-order chi connectivity index (χ0) is 18.5. The van der Waals surface area contributed by atoms with E-state index in [9.17, 15) is 14.0 Å². The molecular weight excluding hydrogens is 357 g/mol. The minimum atomic E-state index is -0.957. The van der Waals surface area contributed by atoms with E-state index < -0.39 is 18.0 Å². The molecule has 0 spiro atoms. The Balaban J connectivity index is 1.57. The summed E-state index contributed by atoms with van der Waals surface area (Å²) in [6, 6.07) is 12.5. The SMILES string of the molecule is C[C@@H](OC(=O)c1ccc(-c2ccc(F)cc2)o1)C(=O)NCc1cccs1. The van der Waals surface area contributed by atoms with E-state index in [1.54, 1.807) is 18.2 Å². The molecule has 3 rings (SSSR count). The highest BCUT2D eigenvalue weighted by molar-refractivity contribution is 7.09. The number of halogens is 1. The second-order valence-electron chi connectivity index (χ2n) is 5.52. The van der Waals surface area contributed by atoms with Crippen LogP contribution in [0.2, 0.25) is 0 Å². The van der Waals surface area contributed by atoms with Crippen molar-refractivity contribution in [3.63, 3.8) is 0 Å². The van der Waals surface area contributed by atoms with Crippen molar-refractivity contribution in [3.05, 3.63) is 70.4 Å². The predicted octanol–water partition coefficient (Wildman–Crippen LogP) is 4.01. The predicted molar refractivity (Wildman–Crippen MR) is 95.1 cm³/mol. The molecule has 1 aromatic carbocycles. The summed E-state index contributed by atoms with van der Waals surface area (Å²) in [5.41, 5.74) is 0.632. The minimum Gasteiger partial charge on any atom is -0.449 e. The molecule has 0 fully saturated rings. The molecule has 1 amide bonds. The Kier molecular flexibility index (Phi) is 5.48. The van der Waals surface area contributed by atoms with Crippen molar-refractivity contribution in [1.82, 2.24) is 5.32 Å². The van der Waals surface area contributed by atoms with Crippen molar-refractivity contribution >= 4 is 23.2 Å². The fourth-order valence-electron chi connectivity index (χ4n) is 2.22. The first-order chi connectivity index (χ1) is 12.5. The highest BCUT2D eigenvalue weighted by Gasteiger charge is 2.21. The Morgan fingerprint density at radius 3 is 2.65 bits per heavy atom. The van der Waals surface area contributed by atoms with Gasteiger partial charge >= 0.3 is 5.97 Å². The van der Waals surface area contributed by atoms with Gasteiger partial charge in [-0.05, 0) is 54.8 Å². The normalized spacial score (nSPS) is 11.8. The fraction of sp³-hybridized carbons (Fsp3) is 0.158. The molecule has 0 aliphatic rings. The van der Waals surface area contributed by atoms with Gasteiger partial charge in [-0.2, -0.15) is 0 Å². The van der Waals surface area contributed by atoms with Crippen molar-refractivity contribution in [3.8, 4) is 11.3 Å². The Morgan fingerprint density at radius 1 is 1.19 bits per heavy atom. The molecule has 0 saturated carbocycles. The van der Waals surface area contributed by atoms with Gasteiger partial charge in [0.15, 0.2) is 6.10 Å². The first-order valence-corrected chi connectivity index (χ1v) is 8.78. The van der Waals surface area contributed by atoms with Crippen LogP contribution in [0.15, 0.2) is 58.3 Å². The summed E-state index contributed by atoms with van der Waals surface area (Å²) in [4.78, 5) is 25.2. The number of carbonyl (C=O) groups is 2. The third-order valence-corrected chi connectivity index (χ3v) is 4.48. The third kappa shape index (κ3) is 4.37. The van der Waals surface area contributed by atoms with Gasteiger partial charge in [0.2, 0.25) is 5.76 Å². The molecule has 134 valence electrons. The molecule has 26 heavy (non-hydrogen) atoms. The molecule has 0 aliphatic heterocycles. The van der Waals surface area contributed by atoms with Crippen molar-refractivity contribution in [2.45, 2.75) is 19.6 Å². The van der Waals surface area contributed by atoms with Crippen LogP contribution in [0.25, 0.3) is 11.3 Å². The topological polar surface area (TPSA) is 68.5 Å². The average molecular weight is 373 g/mol. The molecule has 7 heteroatoms. The van der Waals surface area contributed by atoms with Crippen molar-refractivity contribution in [2.75, 3.05) is 0 Å². The van der Waals surface area contributed by atoms with Gasteiger partial charge in [0.25, 0.3) is 5.91 Å². The van der Waals surface area contributed by atoms with Crippen molar-refractivity contribution in [1.29, 1.82) is 0 Å². The maximum atomic E-state index is 13.0. The number of benzene rings is 1. The molecule has 2 aromatic heterocycles. The van der Waals surface area contributed by atoms with Crippen LogP contribution >= 0.6 is 11.3 Å². The summed E-state index contributed by atoms with van der Waals surface area (Å²) in [6.45, 7) is 1.87. The number of amides is 1. The van der Waals surface area contributed by atoms with Crippen molar-refractivity contribution < 1.29 is 23.1 Å². The Labute approximate surface area is 153 Å². The molecule has 5 nitrogen and oxygen atoms in total. The number of furan rings is 1. The van der Waals surface area contributed by atoms with Crippen LogP contribution in [0.1, 0.15) is 22.4 Å². The lowest BCUT2D eigenvalue weighted by Gasteiger charge is -2.12. The van der Waals surface area contributed by atoms with Gasteiger partial charge in [-0.25, -0.2) is 9.18 Å². The van der Waals surface area contributed by atoms with Crippen LogP contribution in [-0.2, 0) is 16.1 Å². The molecule has 0 radical (unpaired) electrons. The lowest BCUT2D eigenvalue weighted by Crippen LogP contribution is -2.35. The second kappa shape index (κ2) is 7.97. The number of esters is 1. The van der Waals surface area contributed by atoms with Gasteiger partial charge < -0.3 is 14.5 Å². The van der Waals surface area contributed by atoms with Crippen LogP contribution in [0.4, 0.5) is 4.39 Å². The van der Waals surface area contributed by atoms with E-state index in [0.717, 1.165) is 4.88 Å². The first kappa shape index (κ1) is 17.9. The van der Waals surface area contributed by atoms with E-state index in [-0.39, 0.29) is 11.6 Å². The van der Waals surface area contributed by atoms with Gasteiger partial charge in [0.1, 0.15) is 11.6 Å². The lowest BCUT2D eigenvalue weighted by atomic mass is 10.2. The number of nitrogens with one attached hydrogen (secondary N) is 1. The summed E-state index contributed by atoms with van der Waals surface area (Å²) >= 11 is 1.53. The maximum Gasteiger partial charge on any atom is 0.375 e. The summed E-state index contributed by atoms with van der Waals surface area (Å²) in [5, 5.41) is 4.62. The molecule has 2 heterocycles. The Hall–Kier alpha value is -2.93. The molecule has 1 atom stereocenters. The van der Waals surface area contributed by atoms with Gasteiger partial charge in [-0.1, -0.05) is 6.07 Å². The van der Waals surface area contributed by atoms with Crippen LogP contribution in [0, 0.1) is 5.82 Å². The van der Waals surface area contributed by atoms with E-state index >= 15 is 0 Å². The summed E-state index contributed by atoms with van der Waals surface area (Å²) in [5.74, 6) is -1.11. The number of ether oxygens (including phenoxy) is 1. The van der Waals surface area contributed by atoms with Crippen molar-refractivity contribution in [2.24, 2.45) is 0 Å². The molecule has 3 aromatic rings. The van der Waals surface area contributed by atoms with E-state index in [1.807, 2.05) is 17.5 Å². The number of thiophene rings is 1. The van der Waals surface area contributed by atoms with Gasteiger partial charge in [0, 0.05) is 10.4 Å². The molecule has 0 saturated heterocycles. The Morgan fingerprint density at radius 2 is 1.96 bits per heavy atom. The maximum absolute atomic E-state index is 13.0. The largest absolute Gasteiger partial charge is 0.449 e. The molecule has 0 aliphatic carbocycles. The highest BCUT2D eigenvalue weighted by atomic mass is 32.1. The smallest absolute Gasteiger partial charge is 0.375 e. The third-order valence-electron chi connectivity index (χ3n) is 3.61. The summed E-state index contributed by atoms with van der Waals surface area (Å²) < 4.78 is 23.5. The van der Waals surface area contributed by atoms with Gasteiger partial charge in [-0.15, -0.1) is 11.3 Å². The van der Waals surface area contributed by atoms with Gasteiger partial charge in [-0.3, -0.25) is 4.79 Å². The first-order valence-electron chi connectivity index (χ1n) is 7.90. The van der Waals surface area contributed by atoms with Crippen LogP contribution in [-0.4, -0.2) is 18.0 Å². The molecule has 1 N–H and O–H groups in total. The van der Waals surface area contributed by atoms with E-state index in [1.165, 1.54) is 36.5 Å². The van der Waals surface area contributed by atoms with Gasteiger partial charge in [0.05, 0.1) is 6.54 Å². The quantitative estimate of drug-likeness (QED) is 0.663. The average Bonchev–Trinajstić information content (AvgIpc) is 3.32. The molecular formula is C19H16FNO4S. The van der Waals surface area contributed by atoms with Crippen LogP contribution in [0.3, 0.4) is 0 Å². The van der Waals surface area contributed by atoms with E-state index in [0.29, 0.717) is 17.9 Å². The summed E-state index contributed by atoms with van der Waals surface area (Å²) in [7, 11) is 0. The second-order valence-corrected chi connectivity index (χ2v) is 6.55. The minimum absolute atomic E-state index is 0.0257. The number of rotatable bonds is 6. The summed E-state index contributed by atoms with van der Waals surface area (Å²) in [6.07, 6.45) is -0.957. The van der Waals surface area contributed by atoms with Crippen LogP contribution < -0.4 is 5.32 Å². The number of hydrogen-bond donors (Lipinski definition) is 1.